The van der Waals surface area contributed by atoms with Gasteiger partial charge in [-0.05, 0) is 6.92 Å². The van der Waals surface area contributed by atoms with Crippen LogP contribution in [0.5, 0.6) is 0 Å². The molecule has 0 aliphatic carbocycles. The van der Waals surface area contributed by atoms with E-state index >= 15 is 0 Å². The molecule has 1 fully saturated rings. The second-order valence-electron chi connectivity index (χ2n) is 3.77. The fraction of sp³-hybridized carbons (Fsp3) is 0.385. The molecule has 0 saturated carbocycles. The smallest absolute Gasteiger partial charge is 0.745 e. The number of esters is 2. The summed E-state index contributed by atoms with van der Waals surface area (Å²) in [7, 11) is -4.15. The van der Waals surface area contributed by atoms with Gasteiger partial charge in [0, 0.05) is 17.9 Å². The molecule has 23 heavy (non-hydrogen) atoms. The van der Waals surface area contributed by atoms with Crippen LogP contribution in [0.4, 0.5) is 0 Å². The van der Waals surface area contributed by atoms with E-state index in [9.17, 15) is 22.6 Å². The van der Waals surface area contributed by atoms with E-state index in [1.807, 2.05) is 0 Å². The Morgan fingerprint density at radius 1 is 1.35 bits per heavy atom. The molecule has 0 aromatic heterocycles. The van der Waals surface area contributed by atoms with Crippen LogP contribution in [-0.2, 0) is 33.9 Å². The van der Waals surface area contributed by atoms with Crippen molar-refractivity contribution in [2.24, 2.45) is 0 Å². The first-order chi connectivity index (χ1) is 10.0. The molecule has 0 radical (unpaired) electrons. The van der Waals surface area contributed by atoms with Gasteiger partial charge in [0.15, 0.2) is 0 Å². The van der Waals surface area contributed by atoms with Gasteiger partial charge >= 0.3 is 41.5 Å². The van der Waals surface area contributed by atoms with Crippen LogP contribution < -0.4 is 29.6 Å². The minimum absolute atomic E-state index is 0. The minimum Gasteiger partial charge on any atom is -0.745 e. The largest absolute Gasteiger partial charge is 1.00 e. The summed E-state index contributed by atoms with van der Waals surface area (Å²) in [6.07, 6.45) is 1.24. The first-order valence-electron chi connectivity index (χ1n) is 5.84. The molecule has 0 N–H and O–H groups in total. The molecule has 1 aliphatic rings. The molecule has 0 amide bonds. The van der Waals surface area contributed by atoms with Crippen molar-refractivity contribution in [1.82, 2.24) is 0 Å². The summed E-state index contributed by atoms with van der Waals surface area (Å²) in [5.74, 6) is -0.666. The predicted molar refractivity (Wildman–Crippen MR) is 77.4 cm³/mol. The van der Waals surface area contributed by atoms with Gasteiger partial charge in [0.1, 0.15) is 22.8 Å². The van der Waals surface area contributed by atoms with Crippen molar-refractivity contribution in [3.8, 4) is 0 Å². The standard InChI is InChI=1S/C7H10O3.C4H6O2.C2H4O3S.Na/c1-5(2)7(8)10-4-6-3-9-6;1-3-6-4(2)5;1-2-6(3,4)5;/h6H,1,3-4H2,2H3;3H,1H2,2H3;2H,1H2,(H,3,4,5);/q;;;+1/p-1. The van der Waals surface area contributed by atoms with Crippen molar-refractivity contribution in [2.45, 2.75) is 20.0 Å². The van der Waals surface area contributed by atoms with Crippen molar-refractivity contribution >= 4 is 22.1 Å². The average molecular weight is 358 g/mol. The Hall–Kier alpha value is -0.970. The number of hydrogen-bond donors (Lipinski definition) is 0. The van der Waals surface area contributed by atoms with Crippen molar-refractivity contribution in [3.63, 3.8) is 0 Å². The summed E-state index contributed by atoms with van der Waals surface area (Å²) in [5.41, 5.74) is 0.431. The second-order valence-corrected chi connectivity index (χ2v) is 5.09. The van der Waals surface area contributed by atoms with E-state index in [1.54, 1.807) is 6.92 Å². The Morgan fingerprint density at radius 2 is 1.78 bits per heavy atom. The van der Waals surface area contributed by atoms with Gasteiger partial charge in [-0.3, -0.25) is 4.79 Å². The van der Waals surface area contributed by atoms with Crippen molar-refractivity contribution in [3.05, 3.63) is 37.0 Å². The molecule has 1 unspecified atom stereocenters. The summed E-state index contributed by atoms with van der Waals surface area (Å²) in [6, 6.07) is 0. The number of hydrogen-bond acceptors (Lipinski definition) is 8. The molecule has 0 aromatic carbocycles. The molecular weight excluding hydrogens is 339 g/mol. The zero-order valence-corrected chi connectivity index (χ0v) is 16.3. The molecule has 126 valence electrons. The molecule has 10 heteroatoms. The van der Waals surface area contributed by atoms with E-state index in [2.05, 4.69) is 24.5 Å². The van der Waals surface area contributed by atoms with Gasteiger partial charge in [-0.25, -0.2) is 13.2 Å². The Balaban J connectivity index is -0.000000271. The average Bonchev–Trinajstić information content (AvgIpc) is 3.20. The van der Waals surface area contributed by atoms with Crippen LogP contribution in [0, 0.1) is 0 Å². The van der Waals surface area contributed by atoms with Crippen LogP contribution in [0.3, 0.4) is 0 Å². The van der Waals surface area contributed by atoms with E-state index in [0.717, 1.165) is 6.26 Å². The van der Waals surface area contributed by atoms with E-state index in [0.29, 0.717) is 24.2 Å². The van der Waals surface area contributed by atoms with E-state index in [1.165, 1.54) is 6.92 Å². The van der Waals surface area contributed by atoms with E-state index in [4.69, 9.17) is 9.47 Å². The molecule has 1 saturated heterocycles. The first kappa shape index (κ1) is 26.9. The maximum atomic E-state index is 10.7. The predicted octanol–water partition coefficient (Wildman–Crippen LogP) is -2.12. The number of rotatable bonds is 5. The van der Waals surface area contributed by atoms with Crippen LogP contribution >= 0.6 is 0 Å². The normalized spacial score (nSPS) is 14.1. The van der Waals surface area contributed by atoms with Crippen LogP contribution in [0.2, 0.25) is 0 Å². The molecule has 1 rings (SSSR count). The fourth-order valence-electron chi connectivity index (χ4n) is 0.573. The van der Waals surface area contributed by atoms with Crippen molar-refractivity contribution < 1.29 is 66.3 Å². The topological polar surface area (TPSA) is 122 Å². The van der Waals surface area contributed by atoms with Gasteiger partial charge < -0.3 is 18.8 Å². The monoisotopic (exact) mass is 358 g/mol. The Morgan fingerprint density at radius 3 is 1.96 bits per heavy atom. The number of carbonyl (C=O) groups is 2. The van der Waals surface area contributed by atoms with Gasteiger partial charge in [-0.2, -0.15) is 0 Å². The zero-order valence-electron chi connectivity index (χ0n) is 13.4. The third-order valence-corrected chi connectivity index (χ3v) is 2.01. The molecule has 0 spiro atoms. The molecule has 1 heterocycles. The molecule has 0 bridgehead atoms. The van der Waals surface area contributed by atoms with Gasteiger partial charge in [0.05, 0.1) is 12.9 Å². The molecule has 1 aliphatic heterocycles. The van der Waals surface area contributed by atoms with Crippen molar-refractivity contribution in [1.29, 1.82) is 0 Å². The van der Waals surface area contributed by atoms with Gasteiger partial charge in [0.2, 0.25) is 0 Å². The van der Waals surface area contributed by atoms with Crippen LogP contribution in [-0.4, -0.2) is 44.2 Å². The number of epoxide rings is 1. The minimum atomic E-state index is -4.15. The van der Waals surface area contributed by atoms with Crippen LogP contribution in [0.1, 0.15) is 13.8 Å². The number of ether oxygens (including phenoxy) is 3. The maximum Gasteiger partial charge on any atom is 1.00 e. The van der Waals surface area contributed by atoms with Gasteiger partial charge in [0.25, 0.3) is 0 Å². The molecule has 1 atom stereocenters. The molecular formula is C13H19NaO8S. The quantitative estimate of drug-likeness (QED) is 0.136. The van der Waals surface area contributed by atoms with Crippen LogP contribution in [0.15, 0.2) is 37.0 Å². The summed E-state index contributed by atoms with van der Waals surface area (Å²) in [5, 5.41) is 0.354. The van der Waals surface area contributed by atoms with Crippen molar-refractivity contribution in [2.75, 3.05) is 13.2 Å². The summed E-state index contributed by atoms with van der Waals surface area (Å²) >= 11 is 0. The SMILES string of the molecule is C=C(C)C(=O)OCC1CO1.C=COC(C)=O.C=CS(=O)(=O)[O-].[Na+]. The zero-order chi connectivity index (χ0) is 17.8. The number of carbonyl (C=O) groups excluding carboxylic acids is 2. The maximum absolute atomic E-state index is 10.7. The summed E-state index contributed by atoms with van der Waals surface area (Å²) in [4.78, 5) is 20.4. The Labute approximate surface area is 158 Å². The Kier molecular flexibility index (Phi) is 17.1. The third-order valence-electron chi connectivity index (χ3n) is 1.60. The second kappa shape index (κ2) is 14.6. The van der Waals surface area contributed by atoms with E-state index < -0.39 is 10.1 Å². The Bertz CT molecular complexity index is 496. The van der Waals surface area contributed by atoms with E-state index in [-0.39, 0.29) is 47.6 Å². The van der Waals surface area contributed by atoms with Gasteiger partial charge in [-0.1, -0.05) is 19.7 Å². The summed E-state index contributed by atoms with van der Waals surface area (Å²) < 4.78 is 41.7. The first-order valence-corrected chi connectivity index (χ1v) is 7.31. The third kappa shape index (κ3) is 26.3. The summed E-state index contributed by atoms with van der Waals surface area (Å²) in [6.45, 7) is 13.3. The fourth-order valence-corrected chi connectivity index (χ4v) is 0.573. The molecule has 0 aromatic rings. The van der Waals surface area contributed by atoms with Gasteiger partial charge in [-0.15, -0.1) is 0 Å². The molecule has 8 nitrogen and oxygen atoms in total. The van der Waals surface area contributed by atoms with Crippen LogP contribution in [0.25, 0.3) is 0 Å².